The molecule has 0 aliphatic rings. The Kier molecular flexibility index (Phi) is 2.68. The Hall–Kier alpha value is -1.09. The van der Waals surface area contributed by atoms with E-state index in [9.17, 15) is 0 Å². The zero-order chi connectivity index (χ0) is 9.97. The van der Waals surface area contributed by atoms with Crippen LogP contribution in [0, 0.1) is 0 Å². The normalized spacial score (nSPS) is 10.4. The van der Waals surface area contributed by atoms with Gasteiger partial charge in [-0.2, -0.15) is 0 Å². The quantitative estimate of drug-likeness (QED) is 0.815. The van der Waals surface area contributed by atoms with Crippen LogP contribution in [-0.2, 0) is 6.42 Å². The second kappa shape index (κ2) is 3.96. The molecule has 0 amide bonds. The number of aromatic nitrogens is 1. The summed E-state index contributed by atoms with van der Waals surface area (Å²) in [6.07, 6.45) is 0.874. The van der Waals surface area contributed by atoms with E-state index < -0.39 is 0 Å². The molecule has 1 aromatic heterocycles. The molecule has 14 heavy (non-hydrogen) atoms. The van der Waals surface area contributed by atoms with E-state index in [1.165, 1.54) is 0 Å². The van der Waals surface area contributed by atoms with Gasteiger partial charge in [0.2, 0.25) is 0 Å². The highest BCUT2D eigenvalue weighted by Gasteiger charge is 2.11. The van der Waals surface area contributed by atoms with Crippen molar-refractivity contribution >= 4 is 15.9 Å². The van der Waals surface area contributed by atoms with E-state index in [0.717, 1.165) is 23.4 Å². The molecule has 0 aliphatic heterocycles. The average Bonchev–Trinajstić information content (AvgIpc) is 2.61. The molecule has 0 radical (unpaired) electrons. The summed E-state index contributed by atoms with van der Waals surface area (Å²) in [6, 6.07) is 10.0. The number of nitrogens with zero attached hydrogens (tertiary/aromatic N) is 1. The van der Waals surface area contributed by atoms with Crippen molar-refractivity contribution in [1.82, 2.24) is 4.98 Å². The van der Waals surface area contributed by atoms with Crippen LogP contribution in [0.4, 0.5) is 0 Å². The van der Waals surface area contributed by atoms with Gasteiger partial charge in [-0.05, 0) is 6.42 Å². The summed E-state index contributed by atoms with van der Waals surface area (Å²) < 4.78 is 5.50. The number of aryl methyl sites for hydroxylation is 1. The van der Waals surface area contributed by atoms with Crippen molar-refractivity contribution in [1.29, 1.82) is 0 Å². The molecule has 0 atom stereocenters. The Morgan fingerprint density at radius 2 is 2.00 bits per heavy atom. The van der Waals surface area contributed by atoms with Gasteiger partial charge >= 0.3 is 0 Å². The van der Waals surface area contributed by atoms with Gasteiger partial charge in [0.25, 0.3) is 4.80 Å². The third-order valence-corrected chi connectivity index (χ3v) is 2.38. The molecule has 0 fully saturated rings. The summed E-state index contributed by atoms with van der Waals surface area (Å²) in [4.78, 5) is 4.80. The van der Waals surface area contributed by atoms with Gasteiger partial charge in [0.05, 0.1) is 5.69 Å². The largest absolute Gasteiger partial charge is 0.431 e. The SMILES string of the molecule is CCc1nc(Br)oc1-c1ccccc1. The number of benzene rings is 1. The Balaban J connectivity index is 2.51. The van der Waals surface area contributed by atoms with Gasteiger partial charge in [-0.15, -0.1) is 0 Å². The molecule has 0 aliphatic carbocycles. The molecule has 0 unspecified atom stereocenters. The van der Waals surface area contributed by atoms with Crippen LogP contribution < -0.4 is 0 Å². The topological polar surface area (TPSA) is 26.0 Å². The zero-order valence-electron chi connectivity index (χ0n) is 7.83. The fourth-order valence-electron chi connectivity index (χ4n) is 1.38. The van der Waals surface area contributed by atoms with Gasteiger partial charge in [-0.3, -0.25) is 0 Å². The Morgan fingerprint density at radius 1 is 1.29 bits per heavy atom. The van der Waals surface area contributed by atoms with Gasteiger partial charge in [0.1, 0.15) is 0 Å². The lowest BCUT2D eigenvalue weighted by molar-refractivity contribution is 0.542. The van der Waals surface area contributed by atoms with Crippen molar-refractivity contribution in [2.24, 2.45) is 0 Å². The summed E-state index contributed by atoms with van der Waals surface area (Å²) in [6.45, 7) is 2.07. The second-order valence-electron chi connectivity index (χ2n) is 2.96. The second-order valence-corrected chi connectivity index (χ2v) is 3.64. The molecule has 0 N–H and O–H groups in total. The average molecular weight is 252 g/mol. The molecule has 72 valence electrons. The number of rotatable bonds is 2. The molecular weight excluding hydrogens is 242 g/mol. The predicted octanol–water partition coefficient (Wildman–Crippen LogP) is 3.67. The highest BCUT2D eigenvalue weighted by molar-refractivity contribution is 9.10. The minimum atomic E-state index is 0.549. The summed E-state index contributed by atoms with van der Waals surface area (Å²) >= 11 is 3.24. The molecule has 2 nitrogen and oxygen atoms in total. The first-order valence-electron chi connectivity index (χ1n) is 4.52. The number of halogens is 1. The van der Waals surface area contributed by atoms with Crippen LogP contribution in [-0.4, -0.2) is 4.98 Å². The molecule has 0 spiro atoms. The summed E-state index contributed by atoms with van der Waals surface area (Å²) in [5.41, 5.74) is 2.06. The van der Waals surface area contributed by atoms with Crippen LogP contribution in [0.15, 0.2) is 39.5 Å². The van der Waals surface area contributed by atoms with Crippen molar-refractivity contribution in [3.63, 3.8) is 0 Å². The van der Waals surface area contributed by atoms with Gasteiger partial charge in [0.15, 0.2) is 5.76 Å². The van der Waals surface area contributed by atoms with Crippen LogP contribution in [0.2, 0.25) is 0 Å². The van der Waals surface area contributed by atoms with Crippen LogP contribution in [0.1, 0.15) is 12.6 Å². The van der Waals surface area contributed by atoms with Crippen molar-refractivity contribution in [2.75, 3.05) is 0 Å². The smallest absolute Gasteiger partial charge is 0.264 e. The van der Waals surface area contributed by atoms with Crippen molar-refractivity contribution in [2.45, 2.75) is 13.3 Å². The highest BCUT2D eigenvalue weighted by Crippen LogP contribution is 2.27. The molecule has 0 saturated heterocycles. The third-order valence-electron chi connectivity index (χ3n) is 2.04. The lowest BCUT2D eigenvalue weighted by Gasteiger charge is -1.97. The molecule has 1 heterocycles. The van der Waals surface area contributed by atoms with E-state index in [0.29, 0.717) is 4.80 Å². The monoisotopic (exact) mass is 251 g/mol. The van der Waals surface area contributed by atoms with E-state index in [1.807, 2.05) is 30.3 Å². The maximum Gasteiger partial charge on any atom is 0.264 e. The molecular formula is C11H10BrNO. The van der Waals surface area contributed by atoms with E-state index in [2.05, 4.69) is 27.8 Å². The van der Waals surface area contributed by atoms with E-state index in [4.69, 9.17) is 4.42 Å². The molecule has 1 aromatic carbocycles. The van der Waals surface area contributed by atoms with Crippen molar-refractivity contribution in [3.8, 4) is 11.3 Å². The summed E-state index contributed by atoms with van der Waals surface area (Å²) in [7, 11) is 0. The summed E-state index contributed by atoms with van der Waals surface area (Å²) in [5, 5.41) is 0. The lowest BCUT2D eigenvalue weighted by Crippen LogP contribution is -1.83. The van der Waals surface area contributed by atoms with Crippen LogP contribution in [0.25, 0.3) is 11.3 Å². The fourth-order valence-corrected chi connectivity index (χ4v) is 1.75. The third kappa shape index (κ3) is 1.73. The molecule has 0 bridgehead atoms. The molecule has 2 rings (SSSR count). The summed E-state index contributed by atoms with van der Waals surface area (Å²) in [5.74, 6) is 0.861. The molecule has 0 saturated carbocycles. The van der Waals surface area contributed by atoms with E-state index in [-0.39, 0.29) is 0 Å². The van der Waals surface area contributed by atoms with E-state index >= 15 is 0 Å². The minimum absolute atomic E-state index is 0.549. The molecule has 3 heteroatoms. The van der Waals surface area contributed by atoms with E-state index in [1.54, 1.807) is 0 Å². The first-order chi connectivity index (χ1) is 6.81. The van der Waals surface area contributed by atoms with Crippen molar-refractivity contribution in [3.05, 3.63) is 40.8 Å². The van der Waals surface area contributed by atoms with Crippen molar-refractivity contribution < 1.29 is 4.42 Å². The zero-order valence-corrected chi connectivity index (χ0v) is 9.41. The van der Waals surface area contributed by atoms with Gasteiger partial charge < -0.3 is 4.42 Å². The Morgan fingerprint density at radius 3 is 2.64 bits per heavy atom. The first-order valence-corrected chi connectivity index (χ1v) is 5.31. The van der Waals surface area contributed by atoms with Crippen LogP contribution in [0.5, 0.6) is 0 Å². The Bertz CT molecular complexity index is 422. The predicted molar refractivity (Wildman–Crippen MR) is 59.0 cm³/mol. The first kappa shape index (κ1) is 9.46. The highest BCUT2D eigenvalue weighted by atomic mass is 79.9. The van der Waals surface area contributed by atoms with Gasteiger partial charge in [-0.25, -0.2) is 4.98 Å². The molecule has 2 aromatic rings. The lowest BCUT2D eigenvalue weighted by atomic mass is 10.1. The van der Waals surface area contributed by atoms with Crippen LogP contribution >= 0.6 is 15.9 Å². The Labute approximate surface area is 91.1 Å². The van der Waals surface area contributed by atoms with Gasteiger partial charge in [0, 0.05) is 21.5 Å². The van der Waals surface area contributed by atoms with Crippen LogP contribution in [0.3, 0.4) is 0 Å². The minimum Gasteiger partial charge on any atom is -0.431 e. The number of hydrogen-bond donors (Lipinski definition) is 0. The maximum atomic E-state index is 5.50. The van der Waals surface area contributed by atoms with Gasteiger partial charge in [-0.1, -0.05) is 37.3 Å². The number of oxazole rings is 1. The maximum absolute atomic E-state index is 5.50. The fraction of sp³-hybridized carbons (Fsp3) is 0.182. The number of hydrogen-bond acceptors (Lipinski definition) is 2. The standard InChI is InChI=1S/C11H10BrNO/c1-2-9-10(14-11(12)13-9)8-6-4-3-5-7-8/h3-7H,2H2,1H3.